The topological polar surface area (TPSA) is 91.5 Å². The number of ether oxygens (including phenoxy) is 2. The number of esters is 1. The van der Waals surface area contributed by atoms with Crippen LogP contribution < -0.4 is 4.74 Å². The molecule has 0 aliphatic carbocycles. The van der Waals surface area contributed by atoms with Gasteiger partial charge in [-0.3, -0.25) is 9.59 Å². The Morgan fingerprint density at radius 2 is 1.75 bits per heavy atom. The van der Waals surface area contributed by atoms with Crippen molar-refractivity contribution >= 4 is 11.8 Å². The van der Waals surface area contributed by atoms with Gasteiger partial charge in [-0.1, -0.05) is 5.16 Å². The van der Waals surface area contributed by atoms with E-state index < -0.39 is 11.8 Å². The maximum absolute atomic E-state index is 12.9. The number of carbonyl (C=O) groups is 2. The van der Waals surface area contributed by atoms with Gasteiger partial charge in [-0.15, -0.1) is 0 Å². The quantitative estimate of drug-likeness (QED) is 0.433. The standard InChI is InChI=1S/C20H17FN2O5/c1-26-16-8-4-14(5-9-16)20-22-18(28-23-20)12-27-19(25)11-10-17(24)13-2-6-15(21)7-3-13/h2-9H,10-12H2,1H3. The molecule has 0 aliphatic heterocycles. The van der Waals surface area contributed by atoms with Crippen LogP contribution in [0.25, 0.3) is 11.4 Å². The van der Waals surface area contributed by atoms with Crippen LogP contribution in [0.4, 0.5) is 4.39 Å². The first-order valence-electron chi connectivity index (χ1n) is 8.46. The van der Waals surface area contributed by atoms with Crippen LogP contribution in [0.5, 0.6) is 5.75 Å². The molecule has 3 rings (SSSR count). The molecule has 0 bridgehead atoms. The lowest BCUT2D eigenvalue weighted by Gasteiger charge is -2.02. The molecule has 7 nitrogen and oxygen atoms in total. The summed E-state index contributed by atoms with van der Waals surface area (Å²) in [7, 11) is 1.57. The second-order valence-electron chi connectivity index (χ2n) is 5.83. The Bertz CT molecular complexity index is 951. The van der Waals surface area contributed by atoms with Crippen LogP contribution in [0, 0.1) is 5.82 Å². The van der Waals surface area contributed by atoms with E-state index in [1.165, 1.54) is 24.3 Å². The predicted molar refractivity (Wildman–Crippen MR) is 96.0 cm³/mol. The van der Waals surface area contributed by atoms with Crippen molar-refractivity contribution in [2.24, 2.45) is 0 Å². The van der Waals surface area contributed by atoms with E-state index in [-0.39, 0.29) is 31.1 Å². The summed E-state index contributed by atoms with van der Waals surface area (Å²) in [6.45, 7) is -0.188. The van der Waals surface area contributed by atoms with E-state index in [1.54, 1.807) is 31.4 Å². The van der Waals surface area contributed by atoms with E-state index in [4.69, 9.17) is 14.0 Å². The molecule has 0 N–H and O–H groups in total. The van der Waals surface area contributed by atoms with Crippen LogP contribution in [0.1, 0.15) is 29.1 Å². The van der Waals surface area contributed by atoms with Gasteiger partial charge in [0.05, 0.1) is 13.5 Å². The third-order valence-electron chi connectivity index (χ3n) is 3.90. The molecule has 1 heterocycles. The molecule has 1 aromatic heterocycles. The third-order valence-corrected chi connectivity index (χ3v) is 3.90. The molecule has 0 saturated carbocycles. The molecule has 0 atom stereocenters. The summed E-state index contributed by atoms with van der Waals surface area (Å²) < 4.78 is 28.1. The number of ketones is 1. The van der Waals surface area contributed by atoms with Gasteiger partial charge in [-0.2, -0.15) is 4.98 Å². The zero-order chi connectivity index (χ0) is 19.9. The Balaban J connectivity index is 1.47. The van der Waals surface area contributed by atoms with Crippen LogP contribution in [0.15, 0.2) is 53.1 Å². The number of nitrogens with zero attached hydrogens (tertiary/aromatic N) is 2. The molecule has 0 radical (unpaired) electrons. The van der Waals surface area contributed by atoms with Crippen LogP contribution in [0.3, 0.4) is 0 Å². The van der Waals surface area contributed by atoms with Crippen LogP contribution in [-0.4, -0.2) is 29.0 Å². The van der Waals surface area contributed by atoms with Crippen molar-refractivity contribution in [1.82, 2.24) is 10.1 Å². The molecule has 0 unspecified atom stereocenters. The fraction of sp³-hybridized carbons (Fsp3) is 0.200. The first-order valence-corrected chi connectivity index (χ1v) is 8.46. The van der Waals surface area contributed by atoms with Gasteiger partial charge in [0.1, 0.15) is 11.6 Å². The highest BCUT2D eigenvalue weighted by Gasteiger charge is 2.13. The molecule has 0 spiro atoms. The van der Waals surface area contributed by atoms with Crippen molar-refractivity contribution in [2.45, 2.75) is 19.4 Å². The summed E-state index contributed by atoms with van der Waals surface area (Å²) in [5, 5.41) is 3.84. The zero-order valence-corrected chi connectivity index (χ0v) is 15.1. The Hall–Kier alpha value is -3.55. The highest BCUT2D eigenvalue weighted by molar-refractivity contribution is 5.97. The highest BCUT2D eigenvalue weighted by Crippen LogP contribution is 2.20. The molecule has 3 aromatic rings. The number of methoxy groups -OCH3 is 1. The van der Waals surface area contributed by atoms with Gasteiger partial charge in [0.2, 0.25) is 5.82 Å². The molecule has 0 saturated heterocycles. The van der Waals surface area contributed by atoms with Crippen molar-refractivity contribution in [3.8, 4) is 17.1 Å². The number of benzene rings is 2. The minimum Gasteiger partial charge on any atom is -0.497 e. The van der Waals surface area contributed by atoms with E-state index in [1.807, 2.05) is 0 Å². The average Bonchev–Trinajstić information content (AvgIpc) is 3.20. The molecule has 0 aliphatic rings. The number of rotatable bonds is 8. The monoisotopic (exact) mass is 384 g/mol. The summed E-state index contributed by atoms with van der Waals surface area (Å²) in [5.41, 5.74) is 1.07. The molecular weight excluding hydrogens is 367 g/mol. The maximum Gasteiger partial charge on any atom is 0.306 e. The second kappa shape index (κ2) is 8.90. The summed E-state index contributed by atoms with van der Waals surface area (Å²) in [5.74, 6) is -0.0541. The van der Waals surface area contributed by atoms with Crippen LogP contribution in [-0.2, 0) is 16.1 Å². The molecule has 0 amide bonds. The Kier molecular flexibility index (Phi) is 6.11. The van der Waals surface area contributed by atoms with Crippen molar-refractivity contribution in [3.63, 3.8) is 0 Å². The fourth-order valence-corrected chi connectivity index (χ4v) is 2.38. The van der Waals surface area contributed by atoms with E-state index in [2.05, 4.69) is 10.1 Å². The van der Waals surface area contributed by atoms with Crippen molar-refractivity contribution in [2.75, 3.05) is 7.11 Å². The summed E-state index contributed by atoms with van der Waals surface area (Å²) in [6, 6.07) is 12.2. The van der Waals surface area contributed by atoms with Gasteiger partial charge < -0.3 is 14.0 Å². The van der Waals surface area contributed by atoms with Gasteiger partial charge in [-0.25, -0.2) is 4.39 Å². The lowest BCUT2D eigenvalue weighted by molar-refractivity contribution is -0.145. The lowest BCUT2D eigenvalue weighted by atomic mass is 10.1. The van der Waals surface area contributed by atoms with E-state index in [0.29, 0.717) is 17.1 Å². The Labute approximate surface area is 160 Å². The SMILES string of the molecule is COc1ccc(-c2noc(COC(=O)CCC(=O)c3ccc(F)cc3)n2)cc1. The number of hydrogen-bond donors (Lipinski definition) is 0. The summed E-state index contributed by atoms with van der Waals surface area (Å²) in [4.78, 5) is 27.9. The first kappa shape index (κ1) is 19.2. The summed E-state index contributed by atoms with van der Waals surface area (Å²) in [6.07, 6.45) is -0.138. The molecule has 144 valence electrons. The van der Waals surface area contributed by atoms with Crippen molar-refractivity contribution < 1.29 is 28.0 Å². The van der Waals surface area contributed by atoms with Gasteiger partial charge in [0.15, 0.2) is 12.4 Å². The van der Waals surface area contributed by atoms with Crippen molar-refractivity contribution in [1.29, 1.82) is 0 Å². The smallest absolute Gasteiger partial charge is 0.306 e. The molecule has 8 heteroatoms. The van der Waals surface area contributed by atoms with Gasteiger partial charge in [0, 0.05) is 17.5 Å². The van der Waals surface area contributed by atoms with E-state index >= 15 is 0 Å². The fourth-order valence-electron chi connectivity index (χ4n) is 2.38. The van der Waals surface area contributed by atoms with Crippen LogP contribution >= 0.6 is 0 Å². The number of aromatic nitrogens is 2. The van der Waals surface area contributed by atoms with Gasteiger partial charge in [-0.05, 0) is 48.5 Å². The Morgan fingerprint density at radius 3 is 2.43 bits per heavy atom. The number of hydrogen-bond acceptors (Lipinski definition) is 7. The van der Waals surface area contributed by atoms with Gasteiger partial charge >= 0.3 is 5.97 Å². The molecule has 28 heavy (non-hydrogen) atoms. The lowest BCUT2D eigenvalue weighted by Crippen LogP contribution is -2.08. The first-order chi connectivity index (χ1) is 13.5. The minimum absolute atomic E-state index is 0.0363. The molecule has 0 fully saturated rings. The summed E-state index contributed by atoms with van der Waals surface area (Å²) >= 11 is 0. The largest absolute Gasteiger partial charge is 0.497 e. The van der Waals surface area contributed by atoms with E-state index in [9.17, 15) is 14.0 Å². The minimum atomic E-state index is -0.570. The third kappa shape index (κ3) is 5.00. The zero-order valence-electron chi connectivity index (χ0n) is 15.1. The van der Waals surface area contributed by atoms with Gasteiger partial charge in [0.25, 0.3) is 5.89 Å². The van der Waals surface area contributed by atoms with E-state index in [0.717, 1.165) is 5.56 Å². The second-order valence-corrected chi connectivity index (χ2v) is 5.83. The normalized spacial score (nSPS) is 10.5. The number of carbonyl (C=O) groups excluding carboxylic acids is 2. The Morgan fingerprint density at radius 1 is 1.04 bits per heavy atom. The number of halogens is 1. The van der Waals surface area contributed by atoms with Crippen LogP contribution in [0.2, 0.25) is 0 Å². The predicted octanol–water partition coefficient (Wildman–Crippen LogP) is 3.59. The average molecular weight is 384 g/mol. The highest BCUT2D eigenvalue weighted by atomic mass is 19.1. The van der Waals surface area contributed by atoms with Crippen molar-refractivity contribution in [3.05, 3.63) is 65.8 Å². The molecular formula is C20H17FN2O5. The number of Topliss-reactive ketones (excluding diaryl/α,β-unsaturated/α-hetero) is 1. The molecule has 2 aromatic carbocycles. The maximum atomic E-state index is 12.9.